The van der Waals surface area contributed by atoms with E-state index in [4.69, 9.17) is 10.5 Å². The summed E-state index contributed by atoms with van der Waals surface area (Å²) in [6, 6.07) is 0. The van der Waals surface area contributed by atoms with E-state index in [-0.39, 0.29) is 5.82 Å². The van der Waals surface area contributed by atoms with Gasteiger partial charge in [-0.3, -0.25) is 0 Å². The Morgan fingerprint density at radius 2 is 2.25 bits per heavy atom. The lowest BCUT2D eigenvalue weighted by Gasteiger charge is -2.01. The highest BCUT2D eigenvalue weighted by Gasteiger charge is 2.16. The van der Waals surface area contributed by atoms with E-state index < -0.39 is 5.97 Å². The molecule has 6 heteroatoms. The summed E-state index contributed by atoms with van der Waals surface area (Å²) < 4.78 is 6.57. The van der Waals surface area contributed by atoms with Crippen LogP contribution in [0.25, 0.3) is 0 Å². The molecule has 0 aromatic carbocycles. The lowest BCUT2D eigenvalue weighted by atomic mass is 10.4. The molecule has 2 N–H and O–H groups in total. The normalized spacial score (nSPS) is 10.4. The first-order chi connectivity index (χ1) is 7.72. The van der Waals surface area contributed by atoms with Crippen LogP contribution in [0.5, 0.6) is 0 Å². The zero-order chi connectivity index (χ0) is 12.0. The van der Waals surface area contributed by atoms with Gasteiger partial charge in [0, 0.05) is 13.0 Å². The Hall–Kier alpha value is -1.43. The summed E-state index contributed by atoms with van der Waals surface area (Å²) in [6.07, 6.45) is 1.55. The number of esters is 1. The van der Waals surface area contributed by atoms with Crippen LogP contribution >= 0.6 is 0 Å². The number of hydrogen-bond donors (Lipinski definition) is 1. The van der Waals surface area contributed by atoms with Crippen molar-refractivity contribution in [1.82, 2.24) is 14.8 Å². The first kappa shape index (κ1) is 12.6. The van der Waals surface area contributed by atoms with Crippen molar-refractivity contribution < 1.29 is 9.53 Å². The van der Waals surface area contributed by atoms with Crippen LogP contribution in [0.2, 0.25) is 0 Å². The molecule has 0 aliphatic rings. The molecule has 6 nitrogen and oxygen atoms in total. The number of carbonyl (C=O) groups excluding carboxylic acids is 1. The van der Waals surface area contributed by atoms with Gasteiger partial charge >= 0.3 is 5.97 Å². The predicted octanol–water partition coefficient (Wildman–Crippen LogP) is 0.366. The molecule has 0 radical (unpaired) electrons. The van der Waals surface area contributed by atoms with Gasteiger partial charge in [0.2, 0.25) is 0 Å². The monoisotopic (exact) mass is 226 g/mol. The Bertz CT molecular complexity index is 325. The number of ether oxygens (including phenoxy) is 1. The SMILES string of the molecule is CCCn1nc(C(=O)OCC)nc1CCN. The van der Waals surface area contributed by atoms with Crippen molar-refractivity contribution in [3.63, 3.8) is 0 Å². The third kappa shape index (κ3) is 3.03. The largest absolute Gasteiger partial charge is 0.460 e. The molecule has 0 aliphatic carbocycles. The second-order valence-corrected chi connectivity index (χ2v) is 3.33. The Morgan fingerprint density at radius 1 is 1.50 bits per heavy atom. The summed E-state index contributed by atoms with van der Waals surface area (Å²) in [5, 5.41) is 4.11. The molecule has 0 saturated carbocycles. The van der Waals surface area contributed by atoms with Crippen molar-refractivity contribution in [2.24, 2.45) is 5.73 Å². The van der Waals surface area contributed by atoms with Crippen molar-refractivity contribution in [3.05, 3.63) is 11.6 Å². The Kier molecular flexibility index (Phi) is 4.91. The fourth-order valence-corrected chi connectivity index (χ4v) is 1.36. The van der Waals surface area contributed by atoms with E-state index in [1.165, 1.54) is 0 Å². The third-order valence-electron chi connectivity index (χ3n) is 2.01. The molecule has 0 fully saturated rings. The van der Waals surface area contributed by atoms with E-state index in [1.807, 2.05) is 6.92 Å². The van der Waals surface area contributed by atoms with Gasteiger partial charge in [0.15, 0.2) is 0 Å². The zero-order valence-corrected chi connectivity index (χ0v) is 9.77. The van der Waals surface area contributed by atoms with E-state index in [9.17, 15) is 4.79 Å². The summed E-state index contributed by atoms with van der Waals surface area (Å²) >= 11 is 0. The summed E-state index contributed by atoms with van der Waals surface area (Å²) in [5.41, 5.74) is 5.47. The van der Waals surface area contributed by atoms with Crippen LogP contribution in [0.15, 0.2) is 0 Å². The highest BCUT2D eigenvalue weighted by atomic mass is 16.5. The third-order valence-corrected chi connectivity index (χ3v) is 2.01. The summed E-state index contributed by atoms with van der Waals surface area (Å²) in [4.78, 5) is 15.6. The van der Waals surface area contributed by atoms with Gasteiger partial charge in [-0.1, -0.05) is 6.92 Å². The summed E-state index contributed by atoms with van der Waals surface area (Å²) in [5.74, 6) is 0.391. The Balaban J connectivity index is 2.86. The number of nitrogens with zero attached hydrogens (tertiary/aromatic N) is 3. The van der Waals surface area contributed by atoms with Gasteiger partial charge in [-0.05, 0) is 19.9 Å². The molecule has 0 bridgehead atoms. The molecule has 1 aromatic heterocycles. The minimum Gasteiger partial charge on any atom is -0.460 e. The highest BCUT2D eigenvalue weighted by molar-refractivity contribution is 5.84. The van der Waals surface area contributed by atoms with E-state index in [1.54, 1.807) is 11.6 Å². The minimum atomic E-state index is -0.476. The number of hydrogen-bond acceptors (Lipinski definition) is 5. The molecule has 0 aliphatic heterocycles. The van der Waals surface area contributed by atoms with Gasteiger partial charge in [-0.2, -0.15) is 0 Å². The molecule has 90 valence electrons. The maximum absolute atomic E-state index is 11.4. The van der Waals surface area contributed by atoms with Crippen LogP contribution in [0.1, 0.15) is 36.7 Å². The van der Waals surface area contributed by atoms with E-state index in [0.29, 0.717) is 19.6 Å². The van der Waals surface area contributed by atoms with E-state index in [2.05, 4.69) is 10.1 Å². The molecular weight excluding hydrogens is 208 g/mol. The summed E-state index contributed by atoms with van der Waals surface area (Å²) in [7, 11) is 0. The highest BCUT2D eigenvalue weighted by Crippen LogP contribution is 2.02. The van der Waals surface area contributed by atoms with Crippen LogP contribution in [0.4, 0.5) is 0 Å². The van der Waals surface area contributed by atoms with Gasteiger partial charge in [-0.15, -0.1) is 5.10 Å². The lowest BCUT2D eigenvalue weighted by Crippen LogP contribution is -2.11. The predicted molar refractivity (Wildman–Crippen MR) is 59.0 cm³/mol. The molecule has 0 spiro atoms. The van der Waals surface area contributed by atoms with Crippen molar-refractivity contribution in [1.29, 1.82) is 0 Å². The standard InChI is InChI=1S/C10H18N4O2/c1-3-7-14-8(5-6-11)12-9(13-14)10(15)16-4-2/h3-7,11H2,1-2H3. The van der Waals surface area contributed by atoms with Crippen LogP contribution in [0, 0.1) is 0 Å². The van der Waals surface area contributed by atoms with Crippen molar-refractivity contribution in [3.8, 4) is 0 Å². The maximum Gasteiger partial charge on any atom is 0.378 e. The second kappa shape index (κ2) is 6.22. The number of nitrogens with two attached hydrogens (primary N) is 1. The molecule has 0 amide bonds. The molecular formula is C10H18N4O2. The average molecular weight is 226 g/mol. The molecule has 1 aromatic rings. The Labute approximate surface area is 94.8 Å². The molecule has 1 heterocycles. The molecule has 1 rings (SSSR count). The van der Waals surface area contributed by atoms with Gasteiger partial charge in [0.25, 0.3) is 5.82 Å². The maximum atomic E-state index is 11.4. The number of aryl methyl sites for hydroxylation is 1. The molecule has 0 saturated heterocycles. The van der Waals surface area contributed by atoms with E-state index >= 15 is 0 Å². The van der Waals surface area contributed by atoms with Gasteiger partial charge < -0.3 is 10.5 Å². The minimum absolute atomic E-state index is 0.124. The van der Waals surface area contributed by atoms with Crippen LogP contribution in [-0.4, -0.2) is 33.9 Å². The quantitative estimate of drug-likeness (QED) is 0.708. The van der Waals surface area contributed by atoms with Crippen LogP contribution < -0.4 is 5.73 Å². The number of aromatic nitrogens is 3. The first-order valence-corrected chi connectivity index (χ1v) is 5.53. The number of carbonyl (C=O) groups is 1. The topological polar surface area (TPSA) is 83.0 Å². The Morgan fingerprint density at radius 3 is 2.81 bits per heavy atom. The summed E-state index contributed by atoms with van der Waals surface area (Å²) in [6.45, 7) is 5.35. The first-order valence-electron chi connectivity index (χ1n) is 5.53. The van der Waals surface area contributed by atoms with Crippen molar-refractivity contribution >= 4 is 5.97 Å². The van der Waals surface area contributed by atoms with Crippen LogP contribution in [0.3, 0.4) is 0 Å². The van der Waals surface area contributed by atoms with Crippen LogP contribution in [-0.2, 0) is 17.7 Å². The van der Waals surface area contributed by atoms with Gasteiger partial charge in [0.1, 0.15) is 5.82 Å². The zero-order valence-electron chi connectivity index (χ0n) is 9.77. The van der Waals surface area contributed by atoms with E-state index in [0.717, 1.165) is 18.8 Å². The molecule has 16 heavy (non-hydrogen) atoms. The fourth-order valence-electron chi connectivity index (χ4n) is 1.36. The number of rotatable bonds is 6. The molecule has 0 unspecified atom stereocenters. The lowest BCUT2D eigenvalue weighted by molar-refractivity contribution is 0.0511. The van der Waals surface area contributed by atoms with Gasteiger partial charge in [-0.25, -0.2) is 14.5 Å². The smallest absolute Gasteiger partial charge is 0.378 e. The average Bonchev–Trinajstić information content (AvgIpc) is 2.64. The second-order valence-electron chi connectivity index (χ2n) is 3.33. The fraction of sp³-hybridized carbons (Fsp3) is 0.700. The van der Waals surface area contributed by atoms with Crippen molar-refractivity contribution in [2.75, 3.05) is 13.2 Å². The van der Waals surface area contributed by atoms with Crippen molar-refractivity contribution in [2.45, 2.75) is 33.2 Å². The van der Waals surface area contributed by atoms with Gasteiger partial charge in [0.05, 0.1) is 6.61 Å². The molecule has 0 atom stereocenters.